The van der Waals surface area contributed by atoms with Crippen LogP contribution < -0.4 is 10.6 Å². The Morgan fingerprint density at radius 1 is 1.24 bits per heavy atom. The molecular formula is C18H21N3O4. The molecule has 2 aliphatic heterocycles. The van der Waals surface area contributed by atoms with Crippen LogP contribution in [0, 0.1) is 5.92 Å². The molecule has 2 atom stereocenters. The van der Waals surface area contributed by atoms with E-state index in [0.717, 1.165) is 11.3 Å². The van der Waals surface area contributed by atoms with Gasteiger partial charge in [-0.3, -0.25) is 29.4 Å². The Hall–Kier alpha value is -2.70. The lowest BCUT2D eigenvalue weighted by Gasteiger charge is -2.27. The summed E-state index contributed by atoms with van der Waals surface area (Å²) in [5, 5.41) is 5.43. The molecule has 25 heavy (non-hydrogen) atoms. The van der Waals surface area contributed by atoms with E-state index in [0.29, 0.717) is 29.3 Å². The minimum Gasteiger partial charge on any atom is -0.384 e. The van der Waals surface area contributed by atoms with Gasteiger partial charge >= 0.3 is 0 Å². The number of hydrogen-bond donors (Lipinski definition) is 2. The maximum atomic E-state index is 12.9. The molecule has 2 unspecified atom stereocenters. The van der Waals surface area contributed by atoms with Crippen LogP contribution in [0.15, 0.2) is 18.2 Å². The van der Waals surface area contributed by atoms with Gasteiger partial charge in [0.1, 0.15) is 6.04 Å². The van der Waals surface area contributed by atoms with E-state index in [-0.39, 0.29) is 18.7 Å². The number of amides is 4. The SMILES string of the molecule is CCC(C)CNc1cccc2c1C(=O)N(C1CCC(=O)NC1=O)C2=O. The Kier molecular flexibility index (Phi) is 4.57. The lowest BCUT2D eigenvalue weighted by molar-refractivity contribution is -0.136. The number of carbonyl (C=O) groups excluding carboxylic acids is 4. The highest BCUT2D eigenvalue weighted by Crippen LogP contribution is 2.32. The Bertz CT molecular complexity index is 759. The van der Waals surface area contributed by atoms with Crippen LogP contribution in [0.5, 0.6) is 0 Å². The monoisotopic (exact) mass is 343 g/mol. The first-order chi connectivity index (χ1) is 11.9. The third kappa shape index (κ3) is 3.01. The molecule has 2 heterocycles. The number of piperidine rings is 1. The first kappa shape index (κ1) is 17.1. The number of fused-ring (bicyclic) bond motifs is 1. The van der Waals surface area contributed by atoms with Crippen LogP contribution in [0.25, 0.3) is 0 Å². The summed E-state index contributed by atoms with van der Waals surface area (Å²) >= 11 is 0. The molecule has 0 spiro atoms. The van der Waals surface area contributed by atoms with Crippen molar-refractivity contribution < 1.29 is 19.2 Å². The lowest BCUT2D eigenvalue weighted by atomic mass is 10.0. The average molecular weight is 343 g/mol. The second kappa shape index (κ2) is 6.66. The summed E-state index contributed by atoms with van der Waals surface area (Å²) in [5.74, 6) is -1.52. The highest BCUT2D eigenvalue weighted by molar-refractivity contribution is 6.25. The number of nitrogens with zero attached hydrogens (tertiary/aromatic N) is 1. The maximum Gasteiger partial charge on any atom is 0.264 e. The number of carbonyl (C=O) groups is 4. The van der Waals surface area contributed by atoms with E-state index in [9.17, 15) is 19.2 Å². The molecule has 0 saturated carbocycles. The second-order valence-corrected chi connectivity index (χ2v) is 6.57. The molecule has 1 saturated heterocycles. The fourth-order valence-electron chi connectivity index (χ4n) is 3.09. The van der Waals surface area contributed by atoms with Crippen molar-refractivity contribution in [3.8, 4) is 0 Å². The number of hydrogen-bond acceptors (Lipinski definition) is 5. The highest BCUT2D eigenvalue weighted by Gasteiger charge is 2.45. The van der Waals surface area contributed by atoms with Gasteiger partial charge < -0.3 is 5.32 Å². The van der Waals surface area contributed by atoms with E-state index < -0.39 is 23.8 Å². The second-order valence-electron chi connectivity index (χ2n) is 6.57. The van der Waals surface area contributed by atoms with Crippen LogP contribution in [0.2, 0.25) is 0 Å². The van der Waals surface area contributed by atoms with Crippen LogP contribution in [0.1, 0.15) is 53.8 Å². The molecule has 1 fully saturated rings. The van der Waals surface area contributed by atoms with E-state index in [1.807, 2.05) is 0 Å². The van der Waals surface area contributed by atoms with E-state index in [1.54, 1.807) is 18.2 Å². The Morgan fingerprint density at radius 3 is 2.68 bits per heavy atom. The normalized spacial score (nSPS) is 21.2. The molecule has 7 nitrogen and oxygen atoms in total. The lowest BCUT2D eigenvalue weighted by Crippen LogP contribution is -2.54. The molecule has 1 aromatic rings. The van der Waals surface area contributed by atoms with Crippen LogP contribution in [0.4, 0.5) is 5.69 Å². The minimum absolute atomic E-state index is 0.114. The fraction of sp³-hybridized carbons (Fsp3) is 0.444. The largest absolute Gasteiger partial charge is 0.384 e. The maximum absolute atomic E-state index is 12.9. The zero-order valence-corrected chi connectivity index (χ0v) is 14.3. The van der Waals surface area contributed by atoms with Crippen LogP contribution >= 0.6 is 0 Å². The summed E-state index contributed by atoms with van der Waals surface area (Å²) < 4.78 is 0. The highest BCUT2D eigenvalue weighted by atomic mass is 16.2. The molecule has 2 aliphatic rings. The van der Waals surface area contributed by atoms with Gasteiger partial charge in [0.15, 0.2) is 0 Å². The predicted molar refractivity (Wildman–Crippen MR) is 91.1 cm³/mol. The van der Waals surface area contributed by atoms with Crippen LogP contribution in [-0.2, 0) is 9.59 Å². The summed E-state index contributed by atoms with van der Waals surface area (Å²) in [7, 11) is 0. The summed E-state index contributed by atoms with van der Waals surface area (Å²) in [6, 6.07) is 4.14. The zero-order valence-electron chi connectivity index (χ0n) is 14.3. The van der Waals surface area contributed by atoms with E-state index in [1.165, 1.54) is 0 Å². The standard InChI is InChI=1S/C18H21N3O4/c1-3-10(2)9-19-12-6-4-5-11-15(12)18(25)21(17(11)24)13-7-8-14(22)20-16(13)23/h4-6,10,13,19H,3,7-9H2,1-2H3,(H,20,22,23). The molecule has 2 N–H and O–H groups in total. The van der Waals surface area contributed by atoms with Gasteiger partial charge in [0, 0.05) is 18.7 Å². The van der Waals surface area contributed by atoms with Gasteiger partial charge in [-0.2, -0.15) is 0 Å². The molecule has 3 rings (SSSR count). The van der Waals surface area contributed by atoms with Crippen molar-refractivity contribution in [3.63, 3.8) is 0 Å². The smallest absolute Gasteiger partial charge is 0.264 e. The van der Waals surface area contributed by atoms with Gasteiger partial charge in [-0.1, -0.05) is 26.3 Å². The Morgan fingerprint density at radius 2 is 2.00 bits per heavy atom. The molecular weight excluding hydrogens is 322 g/mol. The Labute approximate surface area is 145 Å². The van der Waals surface area contributed by atoms with Crippen molar-refractivity contribution in [2.75, 3.05) is 11.9 Å². The van der Waals surface area contributed by atoms with Gasteiger partial charge in [-0.15, -0.1) is 0 Å². The quantitative estimate of drug-likeness (QED) is 0.791. The molecule has 132 valence electrons. The number of imide groups is 2. The molecule has 7 heteroatoms. The molecule has 1 aromatic carbocycles. The summed E-state index contributed by atoms with van der Waals surface area (Å²) in [5.41, 5.74) is 1.20. The summed E-state index contributed by atoms with van der Waals surface area (Å²) in [6.07, 6.45) is 1.27. The van der Waals surface area contributed by atoms with Crippen molar-refractivity contribution in [1.29, 1.82) is 0 Å². The first-order valence-electron chi connectivity index (χ1n) is 8.52. The molecule has 0 radical (unpaired) electrons. The van der Waals surface area contributed by atoms with Gasteiger partial charge in [0.05, 0.1) is 11.1 Å². The van der Waals surface area contributed by atoms with Crippen molar-refractivity contribution in [2.45, 2.75) is 39.2 Å². The molecule has 0 aliphatic carbocycles. The van der Waals surface area contributed by atoms with Crippen LogP contribution in [0.3, 0.4) is 0 Å². The van der Waals surface area contributed by atoms with Crippen LogP contribution in [-0.4, -0.2) is 41.1 Å². The van der Waals surface area contributed by atoms with Gasteiger partial charge in [0.25, 0.3) is 11.8 Å². The minimum atomic E-state index is -0.937. The van der Waals surface area contributed by atoms with Crippen molar-refractivity contribution in [2.24, 2.45) is 5.92 Å². The zero-order chi connectivity index (χ0) is 18.1. The van der Waals surface area contributed by atoms with Crippen molar-refractivity contribution in [1.82, 2.24) is 10.2 Å². The number of anilines is 1. The average Bonchev–Trinajstić information content (AvgIpc) is 2.85. The number of rotatable bonds is 5. The molecule has 0 bridgehead atoms. The third-order valence-electron chi connectivity index (χ3n) is 4.81. The van der Waals surface area contributed by atoms with Crippen molar-refractivity contribution in [3.05, 3.63) is 29.3 Å². The van der Waals surface area contributed by atoms with Gasteiger partial charge in [0.2, 0.25) is 11.8 Å². The third-order valence-corrected chi connectivity index (χ3v) is 4.81. The van der Waals surface area contributed by atoms with Gasteiger partial charge in [-0.25, -0.2) is 0 Å². The Balaban J connectivity index is 1.89. The first-order valence-corrected chi connectivity index (χ1v) is 8.52. The predicted octanol–water partition coefficient (Wildman–Crippen LogP) is 1.55. The van der Waals surface area contributed by atoms with E-state index in [4.69, 9.17) is 0 Å². The van der Waals surface area contributed by atoms with Crippen molar-refractivity contribution >= 4 is 29.3 Å². The van der Waals surface area contributed by atoms with E-state index >= 15 is 0 Å². The summed E-state index contributed by atoms with van der Waals surface area (Å²) in [4.78, 5) is 49.9. The number of benzene rings is 1. The van der Waals surface area contributed by atoms with E-state index in [2.05, 4.69) is 24.5 Å². The molecule has 4 amide bonds. The topological polar surface area (TPSA) is 95.6 Å². The number of nitrogens with one attached hydrogen (secondary N) is 2. The summed E-state index contributed by atoms with van der Waals surface area (Å²) in [6.45, 7) is 4.87. The molecule has 0 aromatic heterocycles. The van der Waals surface area contributed by atoms with Gasteiger partial charge in [-0.05, 0) is 24.5 Å². The fourth-order valence-corrected chi connectivity index (χ4v) is 3.09.